The van der Waals surface area contributed by atoms with E-state index in [-0.39, 0.29) is 0 Å². The number of nitrogens with zero attached hydrogens (tertiary/aromatic N) is 1. The second kappa shape index (κ2) is 2.94. The molecule has 3 unspecified atom stereocenters. The molecule has 0 bridgehead atoms. The van der Waals surface area contributed by atoms with Crippen molar-refractivity contribution in [3.63, 3.8) is 0 Å². The van der Waals surface area contributed by atoms with E-state index in [0.29, 0.717) is 11.7 Å². The summed E-state index contributed by atoms with van der Waals surface area (Å²) in [4.78, 5) is 14.7. The molecule has 3 rings (SSSR count). The summed E-state index contributed by atoms with van der Waals surface area (Å²) in [6, 6.07) is 0. The van der Waals surface area contributed by atoms with Gasteiger partial charge in [-0.3, -0.25) is 4.79 Å². The Kier molecular flexibility index (Phi) is 1.72. The van der Waals surface area contributed by atoms with E-state index >= 15 is 0 Å². The van der Waals surface area contributed by atoms with E-state index in [2.05, 4.69) is 4.98 Å². The molecule has 0 radical (unpaired) electrons. The highest BCUT2D eigenvalue weighted by Crippen LogP contribution is 2.56. The van der Waals surface area contributed by atoms with Gasteiger partial charge >= 0.3 is 0 Å². The first-order valence-corrected chi connectivity index (χ1v) is 5.29. The van der Waals surface area contributed by atoms with E-state index in [1.165, 1.54) is 31.9 Å². The average molecular weight is 191 g/mol. The van der Waals surface area contributed by atoms with Crippen LogP contribution in [0.15, 0.2) is 10.6 Å². The monoisotopic (exact) mass is 191 g/mol. The van der Waals surface area contributed by atoms with Crippen LogP contribution in [0.3, 0.4) is 0 Å². The summed E-state index contributed by atoms with van der Waals surface area (Å²) in [6.45, 7) is 0. The minimum Gasteiger partial charge on any atom is -0.438 e. The second-order valence-electron chi connectivity index (χ2n) is 4.42. The zero-order valence-corrected chi connectivity index (χ0v) is 7.98. The molecule has 0 aliphatic heterocycles. The Hall–Kier alpha value is -1.12. The van der Waals surface area contributed by atoms with Gasteiger partial charge in [0.25, 0.3) is 0 Å². The second-order valence-corrected chi connectivity index (χ2v) is 4.42. The number of rotatable bonds is 2. The molecule has 3 nitrogen and oxygen atoms in total. The van der Waals surface area contributed by atoms with Crippen molar-refractivity contribution in [1.29, 1.82) is 0 Å². The summed E-state index contributed by atoms with van der Waals surface area (Å²) in [7, 11) is 0. The standard InChI is InChI=1S/C11H13NO2/c13-6-8-5-12-11(14-8)9-3-1-2-7-4-10(7)9/h5-7,9-10H,1-4H2. The molecule has 2 aliphatic carbocycles. The highest BCUT2D eigenvalue weighted by atomic mass is 16.4. The maximum absolute atomic E-state index is 10.5. The van der Waals surface area contributed by atoms with Crippen molar-refractivity contribution in [2.75, 3.05) is 0 Å². The van der Waals surface area contributed by atoms with E-state index in [4.69, 9.17) is 4.42 Å². The lowest BCUT2D eigenvalue weighted by Crippen LogP contribution is -2.08. The SMILES string of the molecule is O=Cc1cnc(C2CCCC3CC32)o1. The lowest BCUT2D eigenvalue weighted by atomic mass is 9.89. The molecule has 2 fully saturated rings. The molecule has 0 N–H and O–H groups in total. The highest BCUT2D eigenvalue weighted by molar-refractivity contribution is 5.69. The van der Waals surface area contributed by atoms with Crippen molar-refractivity contribution in [2.45, 2.75) is 31.6 Å². The Morgan fingerprint density at radius 2 is 2.43 bits per heavy atom. The molecule has 0 saturated heterocycles. The smallest absolute Gasteiger partial charge is 0.198 e. The van der Waals surface area contributed by atoms with Crippen LogP contribution in [0.5, 0.6) is 0 Å². The normalized spacial score (nSPS) is 35.0. The van der Waals surface area contributed by atoms with Crippen LogP contribution < -0.4 is 0 Å². The van der Waals surface area contributed by atoms with E-state index in [0.717, 1.165) is 24.0 Å². The quantitative estimate of drug-likeness (QED) is 0.674. The fourth-order valence-corrected chi connectivity index (χ4v) is 2.74. The van der Waals surface area contributed by atoms with Crippen LogP contribution in [0.2, 0.25) is 0 Å². The number of aromatic nitrogens is 1. The zero-order valence-electron chi connectivity index (χ0n) is 7.98. The average Bonchev–Trinajstić information content (AvgIpc) is 2.86. The minimum absolute atomic E-state index is 0.364. The van der Waals surface area contributed by atoms with E-state index < -0.39 is 0 Å². The largest absolute Gasteiger partial charge is 0.438 e. The molecule has 1 aromatic rings. The number of aldehydes is 1. The zero-order chi connectivity index (χ0) is 9.54. The van der Waals surface area contributed by atoms with Crippen LogP contribution >= 0.6 is 0 Å². The third-order valence-electron chi connectivity index (χ3n) is 3.56. The molecule has 0 amide bonds. The van der Waals surface area contributed by atoms with Crippen molar-refractivity contribution < 1.29 is 9.21 Å². The van der Waals surface area contributed by atoms with Crippen molar-refractivity contribution in [1.82, 2.24) is 4.98 Å². The number of hydrogen-bond donors (Lipinski definition) is 0. The third-order valence-corrected chi connectivity index (χ3v) is 3.56. The van der Waals surface area contributed by atoms with Gasteiger partial charge in [0.15, 0.2) is 17.9 Å². The lowest BCUT2D eigenvalue weighted by Gasteiger charge is -2.17. The first kappa shape index (κ1) is 8.21. The van der Waals surface area contributed by atoms with Gasteiger partial charge in [-0.2, -0.15) is 0 Å². The number of fused-ring (bicyclic) bond motifs is 1. The summed E-state index contributed by atoms with van der Waals surface area (Å²) in [5.74, 6) is 3.35. The maximum Gasteiger partial charge on any atom is 0.198 e. The highest BCUT2D eigenvalue weighted by Gasteiger charge is 2.47. The minimum atomic E-state index is 0.364. The molecular weight excluding hydrogens is 178 g/mol. The third kappa shape index (κ3) is 1.19. The molecule has 3 heteroatoms. The van der Waals surface area contributed by atoms with Crippen LogP contribution in [0, 0.1) is 11.8 Å². The van der Waals surface area contributed by atoms with Crippen LogP contribution in [0.25, 0.3) is 0 Å². The molecule has 0 aromatic carbocycles. The number of carbonyl (C=O) groups excluding carboxylic acids is 1. The molecule has 14 heavy (non-hydrogen) atoms. The lowest BCUT2D eigenvalue weighted by molar-refractivity contribution is 0.109. The van der Waals surface area contributed by atoms with Gasteiger partial charge in [0, 0.05) is 5.92 Å². The number of oxazole rings is 1. The van der Waals surface area contributed by atoms with Crippen molar-refractivity contribution in [2.24, 2.45) is 11.8 Å². The molecular formula is C11H13NO2. The van der Waals surface area contributed by atoms with Crippen molar-refractivity contribution >= 4 is 6.29 Å². The fourth-order valence-electron chi connectivity index (χ4n) is 2.74. The topological polar surface area (TPSA) is 43.1 Å². The Morgan fingerprint density at radius 3 is 3.21 bits per heavy atom. The van der Waals surface area contributed by atoms with Crippen molar-refractivity contribution in [3.05, 3.63) is 17.8 Å². The summed E-state index contributed by atoms with van der Waals surface area (Å²) < 4.78 is 5.39. The van der Waals surface area contributed by atoms with Gasteiger partial charge in [-0.1, -0.05) is 12.8 Å². The van der Waals surface area contributed by atoms with Gasteiger partial charge < -0.3 is 4.42 Å². The molecule has 2 aliphatic rings. The molecule has 74 valence electrons. The molecule has 2 saturated carbocycles. The summed E-state index contributed by atoms with van der Waals surface area (Å²) in [6.07, 6.45) is 7.44. The van der Waals surface area contributed by atoms with Crippen LogP contribution in [-0.2, 0) is 0 Å². The van der Waals surface area contributed by atoms with Gasteiger partial charge in [-0.05, 0) is 24.7 Å². The van der Waals surface area contributed by atoms with Gasteiger partial charge in [0.1, 0.15) is 0 Å². The first-order valence-electron chi connectivity index (χ1n) is 5.29. The molecule has 3 atom stereocenters. The molecule has 1 aromatic heterocycles. The van der Waals surface area contributed by atoms with Gasteiger partial charge in [-0.25, -0.2) is 4.98 Å². The predicted molar refractivity (Wildman–Crippen MR) is 50.1 cm³/mol. The summed E-state index contributed by atoms with van der Waals surface area (Å²) in [5, 5.41) is 0. The van der Waals surface area contributed by atoms with E-state index in [1.807, 2.05) is 0 Å². The Balaban J connectivity index is 1.83. The maximum atomic E-state index is 10.5. The van der Waals surface area contributed by atoms with Gasteiger partial charge in [0.05, 0.1) is 6.20 Å². The molecule has 0 spiro atoms. The van der Waals surface area contributed by atoms with Gasteiger partial charge in [-0.15, -0.1) is 0 Å². The fraction of sp³-hybridized carbons (Fsp3) is 0.636. The Morgan fingerprint density at radius 1 is 1.50 bits per heavy atom. The predicted octanol–water partition coefficient (Wildman–Crippen LogP) is 2.39. The Labute approximate surface area is 82.5 Å². The number of carbonyl (C=O) groups is 1. The van der Waals surface area contributed by atoms with Crippen LogP contribution in [0.4, 0.5) is 0 Å². The van der Waals surface area contributed by atoms with Gasteiger partial charge in [0.2, 0.25) is 0 Å². The van der Waals surface area contributed by atoms with E-state index in [1.54, 1.807) is 0 Å². The number of hydrogen-bond acceptors (Lipinski definition) is 3. The summed E-state index contributed by atoms with van der Waals surface area (Å²) >= 11 is 0. The molecule has 1 heterocycles. The van der Waals surface area contributed by atoms with Crippen molar-refractivity contribution in [3.8, 4) is 0 Å². The van der Waals surface area contributed by atoms with E-state index in [9.17, 15) is 4.79 Å². The van der Waals surface area contributed by atoms with Crippen LogP contribution in [-0.4, -0.2) is 11.3 Å². The first-order chi connectivity index (χ1) is 6.88. The Bertz CT molecular complexity index is 358. The van der Waals surface area contributed by atoms with Crippen LogP contribution in [0.1, 0.15) is 48.0 Å². The summed E-state index contributed by atoms with van der Waals surface area (Å²) in [5.41, 5.74) is 0.